The maximum absolute atomic E-state index is 12.1. The summed E-state index contributed by atoms with van der Waals surface area (Å²) in [5, 5.41) is 8.18. The number of benzene rings is 1. The first kappa shape index (κ1) is 14.3. The van der Waals surface area contributed by atoms with Crippen molar-refractivity contribution in [2.45, 2.75) is 20.3 Å². The predicted molar refractivity (Wildman–Crippen MR) is 86.8 cm³/mol. The van der Waals surface area contributed by atoms with Crippen molar-refractivity contribution in [1.82, 2.24) is 14.8 Å². The Morgan fingerprint density at radius 1 is 1.23 bits per heavy atom. The standard InChI is InChI=1S/C17H18N4O/c1-11-4-6-13(7-5-11)8-16(22)19-14-9-15-12(2)20-21(3)17(15)18-10-14/h4-7,9-10H,8H2,1-3H3,(H,19,22). The molecule has 2 heterocycles. The van der Waals surface area contributed by atoms with E-state index in [1.807, 2.05) is 51.2 Å². The smallest absolute Gasteiger partial charge is 0.228 e. The zero-order valence-corrected chi connectivity index (χ0v) is 12.9. The molecule has 0 unspecified atom stereocenters. The molecule has 1 amide bonds. The highest BCUT2D eigenvalue weighted by atomic mass is 16.1. The van der Waals surface area contributed by atoms with E-state index in [4.69, 9.17) is 0 Å². The molecule has 1 aromatic carbocycles. The third kappa shape index (κ3) is 2.83. The Bertz CT molecular complexity index is 834. The fourth-order valence-electron chi connectivity index (χ4n) is 2.47. The zero-order chi connectivity index (χ0) is 15.7. The minimum atomic E-state index is -0.0495. The molecule has 1 N–H and O–H groups in total. The van der Waals surface area contributed by atoms with E-state index in [0.29, 0.717) is 12.1 Å². The monoisotopic (exact) mass is 294 g/mol. The van der Waals surface area contributed by atoms with Crippen LogP contribution >= 0.6 is 0 Å². The minimum absolute atomic E-state index is 0.0495. The van der Waals surface area contributed by atoms with Crippen LogP contribution in [0, 0.1) is 13.8 Å². The summed E-state index contributed by atoms with van der Waals surface area (Å²) >= 11 is 0. The molecule has 3 rings (SSSR count). The Morgan fingerprint density at radius 2 is 1.95 bits per heavy atom. The summed E-state index contributed by atoms with van der Waals surface area (Å²) in [7, 11) is 1.86. The molecular weight excluding hydrogens is 276 g/mol. The molecule has 5 heteroatoms. The molecule has 0 aliphatic carbocycles. The van der Waals surface area contributed by atoms with Crippen molar-refractivity contribution >= 4 is 22.6 Å². The topological polar surface area (TPSA) is 59.8 Å². The number of nitrogens with zero attached hydrogens (tertiary/aromatic N) is 3. The third-order valence-corrected chi connectivity index (χ3v) is 3.63. The van der Waals surface area contributed by atoms with E-state index in [2.05, 4.69) is 15.4 Å². The SMILES string of the molecule is Cc1ccc(CC(=O)Nc2cnc3c(c2)c(C)nn3C)cc1. The van der Waals surface area contributed by atoms with E-state index in [9.17, 15) is 4.79 Å². The van der Waals surface area contributed by atoms with Crippen LogP contribution in [-0.2, 0) is 18.3 Å². The van der Waals surface area contributed by atoms with Crippen LogP contribution in [0.2, 0.25) is 0 Å². The third-order valence-electron chi connectivity index (χ3n) is 3.63. The van der Waals surface area contributed by atoms with Gasteiger partial charge in [0.15, 0.2) is 5.65 Å². The highest BCUT2D eigenvalue weighted by Gasteiger charge is 2.09. The molecule has 0 radical (unpaired) electrons. The Hall–Kier alpha value is -2.69. The van der Waals surface area contributed by atoms with E-state index >= 15 is 0 Å². The number of amides is 1. The number of anilines is 1. The van der Waals surface area contributed by atoms with Gasteiger partial charge in [-0.25, -0.2) is 4.98 Å². The quantitative estimate of drug-likeness (QED) is 0.808. The maximum atomic E-state index is 12.1. The van der Waals surface area contributed by atoms with Crippen LogP contribution in [-0.4, -0.2) is 20.7 Å². The zero-order valence-electron chi connectivity index (χ0n) is 12.9. The second-order valence-corrected chi connectivity index (χ2v) is 5.51. The van der Waals surface area contributed by atoms with Gasteiger partial charge in [-0.2, -0.15) is 5.10 Å². The summed E-state index contributed by atoms with van der Waals surface area (Å²) in [4.78, 5) is 16.5. The number of carbonyl (C=O) groups excluding carboxylic acids is 1. The van der Waals surface area contributed by atoms with Gasteiger partial charge >= 0.3 is 0 Å². The highest BCUT2D eigenvalue weighted by molar-refractivity contribution is 5.94. The molecule has 0 aliphatic rings. The molecule has 0 saturated heterocycles. The lowest BCUT2D eigenvalue weighted by Gasteiger charge is -2.06. The number of hydrogen-bond donors (Lipinski definition) is 1. The van der Waals surface area contributed by atoms with Crippen LogP contribution in [0.5, 0.6) is 0 Å². The molecular formula is C17H18N4O. The number of fused-ring (bicyclic) bond motifs is 1. The van der Waals surface area contributed by atoms with Crippen LogP contribution in [0.3, 0.4) is 0 Å². The number of aromatic nitrogens is 3. The van der Waals surface area contributed by atoms with Gasteiger partial charge in [0, 0.05) is 12.4 Å². The van der Waals surface area contributed by atoms with Gasteiger partial charge in [-0.1, -0.05) is 29.8 Å². The van der Waals surface area contributed by atoms with E-state index in [1.54, 1.807) is 10.9 Å². The number of nitrogens with one attached hydrogen (secondary N) is 1. The van der Waals surface area contributed by atoms with Gasteiger partial charge in [0.1, 0.15) is 0 Å². The van der Waals surface area contributed by atoms with Crippen molar-refractivity contribution in [2.75, 3.05) is 5.32 Å². The Kier molecular flexibility index (Phi) is 3.63. The van der Waals surface area contributed by atoms with Crippen molar-refractivity contribution in [3.63, 3.8) is 0 Å². The molecule has 0 aliphatic heterocycles. The van der Waals surface area contributed by atoms with E-state index < -0.39 is 0 Å². The molecule has 0 atom stereocenters. The number of carbonyl (C=O) groups is 1. The molecule has 5 nitrogen and oxygen atoms in total. The molecule has 0 saturated carbocycles. The predicted octanol–water partition coefficient (Wildman–Crippen LogP) is 2.77. The maximum Gasteiger partial charge on any atom is 0.228 e. The molecule has 0 spiro atoms. The lowest BCUT2D eigenvalue weighted by Crippen LogP contribution is -2.14. The summed E-state index contributed by atoms with van der Waals surface area (Å²) in [6.45, 7) is 3.96. The first-order chi connectivity index (χ1) is 10.5. The largest absolute Gasteiger partial charge is 0.324 e. The summed E-state index contributed by atoms with van der Waals surface area (Å²) in [5.41, 5.74) is 4.59. The average Bonchev–Trinajstić information content (AvgIpc) is 2.76. The number of aryl methyl sites for hydroxylation is 3. The highest BCUT2D eigenvalue weighted by Crippen LogP contribution is 2.19. The van der Waals surface area contributed by atoms with Crippen molar-refractivity contribution < 1.29 is 4.79 Å². The fraction of sp³-hybridized carbons (Fsp3) is 0.235. The van der Waals surface area contributed by atoms with Crippen LogP contribution in [0.4, 0.5) is 5.69 Å². The molecule has 2 aromatic heterocycles. The second kappa shape index (κ2) is 5.60. The summed E-state index contributed by atoms with van der Waals surface area (Å²) in [6, 6.07) is 9.88. The first-order valence-corrected chi connectivity index (χ1v) is 7.17. The number of pyridine rings is 1. The van der Waals surface area contributed by atoms with Crippen LogP contribution in [0.1, 0.15) is 16.8 Å². The number of hydrogen-bond acceptors (Lipinski definition) is 3. The van der Waals surface area contributed by atoms with Crippen LogP contribution in [0.15, 0.2) is 36.5 Å². The summed E-state index contributed by atoms with van der Waals surface area (Å²) in [5.74, 6) is -0.0495. The Labute approximate surface area is 129 Å². The van der Waals surface area contributed by atoms with E-state index in [-0.39, 0.29) is 5.91 Å². The van der Waals surface area contributed by atoms with Gasteiger partial charge < -0.3 is 5.32 Å². The molecule has 112 valence electrons. The normalized spacial score (nSPS) is 10.9. The Morgan fingerprint density at radius 3 is 2.68 bits per heavy atom. The van der Waals surface area contributed by atoms with E-state index in [0.717, 1.165) is 22.3 Å². The van der Waals surface area contributed by atoms with Gasteiger partial charge in [0.2, 0.25) is 5.91 Å². The van der Waals surface area contributed by atoms with Gasteiger partial charge in [-0.3, -0.25) is 9.48 Å². The average molecular weight is 294 g/mol. The number of rotatable bonds is 3. The van der Waals surface area contributed by atoms with Crippen LogP contribution in [0.25, 0.3) is 11.0 Å². The fourth-order valence-corrected chi connectivity index (χ4v) is 2.47. The van der Waals surface area contributed by atoms with Crippen molar-refractivity contribution in [2.24, 2.45) is 7.05 Å². The molecule has 0 bridgehead atoms. The van der Waals surface area contributed by atoms with Crippen molar-refractivity contribution in [3.05, 3.63) is 53.3 Å². The van der Waals surface area contributed by atoms with Gasteiger partial charge in [0.05, 0.1) is 24.0 Å². The van der Waals surface area contributed by atoms with E-state index in [1.165, 1.54) is 5.56 Å². The lowest BCUT2D eigenvalue weighted by molar-refractivity contribution is -0.115. The van der Waals surface area contributed by atoms with Gasteiger partial charge in [0.25, 0.3) is 0 Å². The summed E-state index contributed by atoms with van der Waals surface area (Å²) in [6.07, 6.45) is 2.01. The minimum Gasteiger partial charge on any atom is -0.324 e. The van der Waals surface area contributed by atoms with Gasteiger partial charge in [-0.15, -0.1) is 0 Å². The van der Waals surface area contributed by atoms with Crippen molar-refractivity contribution in [1.29, 1.82) is 0 Å². The molecule has 22 heavy (non-hydrogen) atoms. The van der Waals surface area contributed by atoms with Crippen molar-refractivity contribution in [3.8, 4) is 0 Å². The molecule has 0 fully saturated rings. The second-order valence-electron chi connectivity index (χ2n) is 5.51. The van der Waals surface area contributed by atoms with Gasteiger partial charge in [-0.05, 0) is 25.5 Å². The lowest BCUT2D eigenvalue weighted by atomic mass is 10.1. The first-order valence-electron chi connectivity index (χ1n) is 7.17. The Balaban J connectivity index is 1.76. The molecule has 3 aromatic rings. The summed E-state index contributed by atoms with van der Waals surface area (Å²) < 4.78 is 1.74. The van der Waals surface area contributed by atoms with Crippen LogP contribution < -0.4 is 5.32 Å².